The van der Waals surface area contributed by atoms with Gasteiger partial charge < -0.3 is 14.8 Å². The summed E-state index contributed by atoms with van der Waals surface area (Å²) in [6.07, 6.45) is 0.262. The average molecular weight is 439 g/mol. The molecule has 1 N–H and O–H groups in total. The third-order valence-corrected chi connectivity index (χ3v) is 5.51. The molecule has 0 bridgehead atoms. The first-order valence-corrected chi connectivity index (χ1v) is 9.79. The number of anilines is 1. The third-order valence-electron chi connectivity index (χ3n) is 5.51. The summed E-state index contributed by atoms with van der Waals surface area (Å²) in [4.78, 5) is 30.8. The minimum atomic E-state index is -0.615. The third kappa shape index (κ3) is 3.29. The van der Waals surface area contributed by atoms with Gasteiger partial charge in [-0.25, -0.2) is 14.0 Å². The summed E-state index contributed by atoms with van der Waals surface area (Å²) in [6, 6.07) is 6.14. The molecule has 0 aliphatic carbocycles. The number of hydrogen-bond acceptors (Lipinski definition) is 8. The van der Waals surface area contributed by atoms with Gasteiger partial charge in [-0.15, -0.1) is 10.2 Å². The molecule has 4 heterocycles. The lowest BCUT2D eigenvalue weighted by Crippen LogP contribution is -2.40. The number of carbonyl (C=O) groups excluding carboxylic acids is 2. The van der Waals surface area contributed by atoms with Gasteiger partial charge in [0, 0.05) is 17.3 Å². The van der Waals surface area contributed by atoms with Crippen LogP contribution in [0.1, 0.15) is 5.56 Å². The second-order valence-corrected chi connectivity index (χ2v) is 7.43. The first-order chi connectivity index (χ1) is 15.4. The number of nitrogens with zero attached hydrogens (tertiary/aromatic N) is 6. The first-order valence-electron chi connectivity index (χ1n) is 9.79. The lowest BCUT2D eigenvalue weighted by molar-refractivity contribution is 0.123. The molecule has 2 aromatic heterocycles. The summed E-state index contributed by atoms with van der Waals surface area (Å²) >= 11 is 0. The Morgan fingerprint density at radius 3 is 2.91 bits per heavy atom. The fraction of sp³-hybridized carbons (Fsp3) is 0.300. The topological polar surface area (TPSA) is 124 Å². The van der Waals surface area contributed by atoms with Gasteiger partial charge in [-0.05, 0) is 35.4 Å². The molecule has 11 nitrogen and oxygen atoms in total. The number of aryl methyl sites for hydroxylation is 1. The van der Waals surface area contributed by atoms with Gasteiger partial charge >= 0.3 is 12.2 Å². The maximum absolute atomic E-state index is 15.0. The number of cyclic esters (lactones) is 1. The van der Waals surface area contributed by atoms with Crippen molar-refractivity contribution in [2.24, 2.45) is 7.05 Å². The van der Waals surface area contributed by atoms with Gasteiger partial charge in [0.05, 0.1) is 32.4 Å². The molecule has 1 aromatic carbocycles. The molecule has 5 rings (SSSR count). The quantitative estimate of drug-likeness (QED) is 0.651. The van der Waals surface area contributed by atoms with Crippen LogP contribution in [0.15, 0.2) is 30.5 Å². The Bertz CT molecular complexity index is 1210. The minimum absolute atomic E-state index is 0.102. The zero-order valence-electron chi connectivity index (χ0n) is 17.1. The summed E-state index contributed by atoms with van der Waals surface area (Å²) in [7, 11) is 2.91. The molecule has 164 valence electrons. The predicted octanol–water partition coefficient (Wildman–Crippen LogP) is 1.68. The fourth-order valence-corrected chi connectivity index (χ4v) is 4.01. The number of pyridine rings is 1. The lowest BCUT2D eigenvalue weighted by atomic mass is 10.00. The Morgan fingerprint density at radius 1 is 1.38 bits per heavy atom. The number of alkyl carbamates (subject to hydrolysis) is 1. The number of rotatable bonds is 4. The van der Waals surface area contributed by atoms with E-state index in [1.165, 1.54) is 22.9 Å². The van der Waals surface area contributed by atoms with Crippen LogP contribution in [0.4, 0.5) is 19.7 Å². The van der Waals surface area contributed by atoms with Crippen LogP contribution in [0, 0.1) is 5.82 Å². The monoisotopic (exact) mass is 439 g/mol. The molecule has 3 aromatic rings. The SMILES string of the molecule is COC(=O)NC[C@@H]1OC(=O)N2c3cc(F)c(-c4ccc(-c5nnn(C)n5)nc4)cc3CC12. The van der Waals surface area contributed by atoms with Crippen molar-refractivity contribution in [3.05, 3.63) is 41.8 Å². The number of fused-ring (bicyclic) bond motifs is 3. The molecule has 12 heteroatoms. The summed E-state index contributed by atoms with van der Waals surface area (Å²) in [5.41, 5.74) is 2.75. The summed E-state index contributed by atoms with van der Waals surface area (Å²) in [5.74, 6) is -0.111. The predicted molar refractivity (Wildman–Crippen MR) is 108 cm³/mol. The molecular weight excluding hydrogens is 421 g/mol. The van der Waals surface area contributed by atoms with Gasteiger partial charge in [-0.3, -0.25) is 9.88 Å². The van der Waals surface area contributed by atoms with Crippen molar-refractivity contribution >= 4 is 17.9 Å². The van der Waals surface area contributed by atoms with E-state index in [4.69, 9.17) is 4.74 Å². The highest BCUT2D eigenvalue weighted by Gasteiger charge is 2.47. The van der Waals surface area contributed by atoms with E-state index in [9.17, 15) is 9.59 Å². The molecule has 2 amide bonds. The maximum atomic E-state index is 15.0. The Kier molecular flexibility index (Phi) is 4.68. The van der Waals surface area contributed by atoms with Crippen LogP contribution in [0.2, 0.25) is 0 Å². The van der Waals surface area contributed by atoms with E-state index in [0.717, 1.165) is 5.56 Å². The van der Waals surface area contributed by atoms with Crippen LogP contribution in [-0.2, 0) is 22.9 Å². The molecule has 2 aliphatic heterocycles. The van der Waals surface area contributed by atoms with Crippen LogP contribution < -0.4 is 10.2 Å². The minimum Gasteiger partial charge on any atom is -0.453 e. The average Bonchev–Trinajstić information content (AvgIpc) is 3.47. The molecule has 0 radical (unpaired) electrons. The van der Waals surface area contributed by atoms with E-state index in [2.05, 4.69) is 30.4 Å². The van der Waals surface area contributed by atoms with E-state index in [1.54, 1.807) is 31.4 Å². The number of methoxy groups -OCH3 is 1. The number of nitrogens with one attached hydrogen (secondary N) is 1. The highest BCUT2D eigenvalue weighted by atomic mass is 19.1. The number of amides is 2. The largest absolute Gasteiger partial charge is 0.453 e. The van der Waals surface area contributed by atoms with Crippen molar-refractivity contribution in [1.82, 2.24) is 30.5 Å². The number of aromatic nitrogens is 5. The van der Waals surface area contributed by atoms with Crippen molar-refractivity contribution in [2.45, 2.75) is 18.6 Å². The zero-order chi connectivity index (χ0) is 22.4. The molecule has 2 aliphatic rings. The molecular formula is C20H18FN7O4. The van der Waals surface area contributed by atoms with Gasteiger partial charge in [0.15, 0.2) is 0 Å². The van der Waals surface area contributed by atoms with Crippen LogP contribution in [0.5, 0.6) is 0 Å². The highest BCUT2D eigenvalue weighted by Crippen LogP contribution is 2.41. The lowest BCUT2D eigenvalue weighted by Gasteiger charge is -2.16. The molecule has 1 unspecified atom stereocenters. The molecule has 1 fully saturated rings. The van der Waals surface area contributed by atoms with Gasteiger partial charge in [-0.1, -0.05) is 6.07 Å². The van der Waals surface area contributed by atoms with Crippen LogP contribution in [0.25, 0.3) is 22.6 Å². The number of ether oxygens (including phenoxy) is 2. The second kappa shape index (κ2) is 7.55. The molecule has 32 heavy (non-hydrogen) atoms. The van der Waals surface area contributed by atoms with E-state index in [0.29, 0.717) is 34.8 Å². The van der Waals surface area contributed by atoms with Crippen LogP contribution in [0.3, 0.4) is 0 Å². The number of halogens is 1. The maximum Gasteiger partial charge on any atom is 0.415 e. The molecule has 2 atom stereocenters. The summed E-state index contributed by atoms with van der Waals surface area (Å²) in [6.45, 7) is 0.102. The Hall–Kier alpha value is -4.09. The fourth-order valence-electron chi connectivity index (χ4n) is 4.01. The van der Waals surface area contributed by atoms with E-state index in [-0.39, 0.29) is 12.6 Å². The standard InChI is InChI=1S/C20H18FN7O4/c1-27-25-18(24-26-27)14-4-3-10(8-22-14)12-5-11-6-16-17(9-23-19(29)31-2)32-20(30)28(16)15(11)7-13(12)21/h3-5,7-8,16-17H,6,9H2,1-2H3,(H,23,29)/t16?,17-/m0/s1. The van der Waals surface area contributed by atoms with Crippen molar-refractivity contribution in [2.75, 3.05) is 18.6 Å². The van der Waals surface area contributed by atoms with Gasteiger partial charge in [-0.2, -0.15) is 4.80 Å². The van der Waals surface area contributed by atoms with Gasteiger partial charge in [0.25, 0.3) is 0 Å². The molecule has 1 saturated heterocycles. The van der Waals surface area contributed by atoms with E-state index in [1.807, 2.05) is 0 Å². The number of benzene rings is 1. The normalized spacial score (nSPS) is 18.8. The molecule has 0 saturated carbocycles. The van der Waals surface area contributed by atoms with Gasteiger partial charge in [0.2, 0.25) is 5.82 Å². The summed E-state index contributed by atoms with van der Waals surface area (Å²) in [5, 5.41) is 14.3. The highest BCUT2D eigenvalue weighted by molar-refractivity contribution is 5.94. The number of tetrazole rings is 1. The zero-order valence-corrected chi connectivity index (χ0v) is 17.1. The second-order valence-electron chi connectivity index (χ2n) is 7.43. The van der Waals surface area contributed by atoms with Crippen molar-refractivity contribution in [1.29, 1.82) is 0 Å². The van der Waals surface area contributed by atoms with Crippen molar-refractivity contribution < 1.29 is 23.5 Å². The van der Waals surface area contributed by atoms with Crippen molar-refractivity contribution in [3.63, 3.8) is 0 Å². The van der Waals surface area contributed by atoms with Crippen LogP contribution >= 0.6 is 0 Å². The van der Waals surface area contributed by atoms with E-state index >= 15 is 4.39 Å². The van der Waals surface area contributed by atoms with E-state index < -0.39 is 24.1 Å². The van der Waals surface area contributed by atoms with Crippen molar-refractivity contribution in [3.8, 4) is 22.6 Å². The van der Waals surface area contributed by atoms with Gasteiger partial charge in [0.1, 0.15) is 17.6 Å². The smallest absolute Gasteiger partial charge is 0.415 e. The first kappa shape index (κ1) is 19.8. The molecule has 0 spiro atoms. The Morgan fingerprint density at radius 2 is 2.22 bits per heavy atom. The number of carbonyl (C=O) groups is 2. The van der Waals surface area contributed by atoms with Crippen LogP contribution in [-0.4, -0.2) is 63.2 Å². The Balaban J connectivity index is 1.41. The number of hydrogen-bond donors (Lipinski definition) is 1. The summed E-state index contributed by atoms with van der Waals surface area (Å²) < 4.78 is 24.9. The Labute approximate surface area is 181 Å².